The topological polar surface area (TPSA) is 72.2 Å². The predicted molar refractivity (Wildman–Crippen MR) is 78.6 cm³/mol. The van der Waals surface area contributed by atoms with Crippen LogP contribution in [0, 0.1) is 5.82 Å². The summed E-state index contributed by atoms with van der Waals surface area (Å²) in [5.74, 6) is -1.42. The first kappa shape index (κ1) is 17.5. The van der Waals surface area contributed by atoms with Crippen LogP contribution < -0.4 is 9.86 Å². The minimum Gasteiger partial charge on any atom is -0.270 e. The Labute approximate surface area is 134 Å². The molecule has 4 nitrogen and oxygen atoms in total. The molecule has 0 atom stereocenters. The first-order valence-electron chi connectivity index (χ1n) is 5.94. The van der Waals surface area contributed by atoms with E-state index in [1.807, 2.05) is 4.72 Å². The van der Waals surface area contributed by atoms with Crippen LogP contribution in [0.15, 0.2) is 36.4 Å². The van der Waals surface area contributed by atoms with Crippen molar-refractivity contribution in [1.82, 2.24) is 0 Å². The van der Waals surface area contributed by atoms with E-state index in [0.717, 1.165) is 12.1 Å². The van der Waals surface area contributed by atoms with Crippen molar-refractivity contribution in [3.63, 3.8) is 0 Å². The maximum Gasteiger partial charge on any atom is 0.419 e. The average Bonchev–Trinajstić information content (AvgIpc) is 2.38. The number of rotatable bonds is 3. The van der Waals surface area contributed by atoms with E-state index in [9.17, 15) is 26.0 Å². The van der Waals surface area contributed by atoms with Crippen LogP contribution >= 0.6 is 11.6 Å². The zero-order valence-corrected chi connectivity index (χ0v) is 12.7. The zero-order valence-electron chi connectivity index (χ0n) is 11.2. The quantitative estimate of drug-likeness (QED) is 0.809. The molecule has 0 amide bonds. The van der Waals surface area contributed by atoms with Crippen LogP contribution in [-0.4, -0.2) is 8.42 Å². The minimum atomic E-state index is -4.79. The highest BCUT2D eigenvalue weighted by molar-refractivity contribution is 7.90. The molecule has 3 N–H and O–H groups in total. The molecule has 0 aliphatic heterocycles. The van der Waals surface area contributed by atoms with E-state index in [1.54, 1.807) is 0 Å². The zero-order chi connectivity index (χ0) is 17.4. The van der Waals surface area contributed by atoms with Gasteiger partial charge in [-0.15, -0.1) is 0 Å². The van der Waals surface area contributed by atoms with Crippen LogP contribution in [0.25, 0.3) is 11.1 Å². The summed E-state index contributed by atoms with van der Waals surface area (Å²) in [6.07, 6.45) is -4.79. The maximum atomic E-state index is 13.6. The van der Waals surface area contributed by atoms with Gasteiger partial charge in [-0.25, -0.2) is 9.53 Å². The van der Waals surface area contributed by atoms with Gasteiger partial charge in [0.15, 0.2) is 0 Å². The average molecular weight is 369 g/mol. The van der Waals surface area contributed by atoms with Gasteiger partial charge in [0.2, 0.25) is 0 Å². The number of anilines is 1. The van der Waals surface area contributed by atoms with E-state index in [1.165, 1.54) is 18.2 Å². The van der Waals surface area contributed by atoms with Gasteiger partial charge in [0.25, 0.3) is 10.2 Å². The van der Waals surface area contributed by atoms with Gasteiger partial charge in [-0.3, -0.25) is 4.72 Å². The Morgan fingerprint density at radius 1 is 1.04 bits per heavy atom. The molecule has 0 spiro atoms. The van der Waals surface area contributed by atoms with Gasteiger partial charge in [0, 0.05) is 0 Å². The van der Waals surface area contributed by atoms with Gasteiger partial charge < -0.3 is 0 Å². The molecule has 0 unspecified atom stereocenters. The molecular formula is C13H9ClF4N2O2S. The van der Waals surface area contributed by atoms with Crippen LogP contribution in [0.1, 0.15) is 5.56 Å². The van der Waals surface area contributed by atoms with Crippen molar-refractivity contribution >= 4 is 27.5 Å². The van der Waals surface area contributed by atoms with E-state index < -0.39 is 27.8 Å². The Morgan fingerprint density at radius 3 is 2.09 bits per heavy atom. The molecule has 0 saturated carbocycles. The fourth-order valence-electron chi connectivity index (χ4n) is 1.86. The number of nitrogens with two attached hydrogens (primary N) is 1. The third kappa shape index (κ3) is 4.34. The van der Waals surface area contributed by atoms with Gasteiger partial charge in [0.1, 0.15) is 5.82 Å². The van der Waals surface area contributed by atoms with Crippen molar-refractivity contribution in [2.45, 2.75) is 6.18 Å². The van der Waals surface area contributed by atoms with E-state index in [-0.39, 0.29) is 16.3 Å². The number of halogens is 5. The van der Waals surface area contributed by atoms with Crippen molar-refractivity contribution in [2.75, 3.05) is 4.72 Å². The SMILES string of the molecule is NS(=O)(=O)Nc1ccc(-c2ccc(C(F)(F)F)c(F)c2)cc1Cl. The van der Waals surface area contributed by atoms with Crippen LogP contribution in [0.2, 0.25) is 5.02 Å². The Morgan fingerprint density at radius 2 is 1.61 bits per heavy atom. The van der Waals surface area contributed by atoms with E-state index in [0.29, 0.717) is 11.6 Å². The molecule has 124 valence electrons. The Bertz CT molecular complexity index is 854. The molecule has 2 aromatic carbocycles. The summed E-state index contributed by atoms with van der Waals surface area (Å²) in [4.78, 5) is 0. The number of benzene rings is 2. The summed E-state index contributed by atoms with van der Waals surface area (Å²) in [5.41, 5.74) is -0.924. The largest absolute Gasteiger partial charge is 0.419 e. The summed E-state index contributed by atoms with van der Waals surface area (Å²) in [6.45, 7) is 0. The second kappa shape index (κ2) is 5.99. The molecule has 2 aromatic rings. The summed E-state index contributed by atoms with van der Waals surface area (Å²) < 4.78 is 75.0. The highest BCUT2D eigenvalue weighted by Crippen LogP contribution is 2.35. The fourth-order valence-corrected chi connectivity index (χ4v) is 2.62. The third-order valence-corrected chi connectivity index (χ3v) is 3.65. The monoisotopic (exact) mass is 368 g/mol. The first-order chi connectivity index (χ1) is 10.5. The van der Waals surface area contributed by atoms with Crippen molar-refractivity contribution in [3.8, 4) is 11.1 Å². The third-order valence-electron chi connectivity index (χ3n) is 2.83. The molecule has 0 aromatic heterocycles. The van der Waals surface area contributed by atoms with Crippen molar-refractivity contribution in [2.24, 2.45) is 5.14 Å². The van der Waals surface area contributed by atoms with Crippen LogP contribution in [-0.2, 0) is 16.4 Å². The smallest absolute Gasteiger partial charge is 0.270 e. The highest BCUT2D eigenvalue weighted by Gasteiger charge is 2.33. The van der Waals surface area contributed by atoms with Gasteiger partial charge in [-0.2, -0.15) is 21.6 Å². The number of hydrogen-bond acceptors (Lipinski definition) is 2. The summed E-state index contributed by atoms with van der Waals surface area (Å²) in [7, 11) is -4.03. The lowest BCUT2D eigenvalue weighted by Crippen LogP contribution is -2.21. The Hall–Kier alpha value is -1.84. The predicted octanol–water partition coefficient (Wildman–Crippen LogP) is 3.78. The van der Waals surface area contributed by atoms with Crippen molar-refractivity contribution in [3.05, 3.63) is 52.8 Å². The molecule has 2 rings (SSSR count). The van der Waals surface area contributed by atoms with E-state index in [4.69, 9.17) is 16.7 Å². The maximum absolute atomic E-state index is 13.6. The molecule has 0 heterocycles. The second-order valence-electron chi connectivity index (χ2n) is 4.53. The van der Waals surface area contributed by atoms with Crippen molar-refractivity contribution < 1.29 is 26.0 Å². The first-order valence-corrected chi connectivity index (χ1v) is 7.87. The standard InChI is InChI=1S/C13H9ClF4N2O2S/c14-10-5-7(2-4-12(10)20-23(19,21)22)8-1-3-9(11(15)6-8)13(16,17)18/h1-6,20H,(H2,19,21,22). The minimum absolute atomic E-state index is 0.00898. The van der Waals surface area contributed by atoms with Gasteiger partial charge in [-0.05, 0) is 35.4 Å². The summed E-state index contributed by atoms with van der Waals surface area (Å²) in [5, 5.41) is 4.76. The summed E-state index contributed by atoms with van der Waals surface area (Å²) >= 11 is 5.87. The van der Waals surface area contributed by atoms with Gasteiger partial charge >= 0.3 is 6.18 Å². The van der Waals surface area contributed by atoms with Crippen LogP contribution in [0.5, 0.6) is 0 Å². The van der Waals surface area contributed by atoms with E-state index >= 15 is 0 Å². The molecule has 0 bridgehead atoms. The summed E-state index contributed by atoms with van der Waals surface area (Å²) in [6, 6.07) is 6.33. The molecule has 0 aliphatic rings. The van der Waals surface area contributed by atoms with Gasteiger partial charge in [0.05, 0.1) is 16.3 Å². The Kier molecular flexibility index (Phi) is 4.56. The molecular weight excluding hydrogens is 360 g/mol. The second-order valence-corrected chi connectivity index (χ2v) is 6.24. The number of alkyl halides is 3. The normalized spacial score (nSPS) is 12.3. The van der Waals surface area contributed by atoms with Crippen LogP contribution in [0.4, 0.5) is 23.2 Å². The molecule has 0 saturated heterocycles. The molecule has 10 heteroatoms. The van der Waals surface area contributed by atoms with Crippen molar-refractivity contribution in [1.29, 1.82) is 0 Å². The van der Waals surface area contributed by atoms with Gasteiger partial charge in [-0.1, -0.05) is 23.7 Å². The Balaban J connectivity index is 2.40. The molecule has 0 fully saturated rings. The number of nitrogens with one attached hydrogen (secondary N) is 1. The van der Waals surface area contributed by atoms with E-state index in [2.05, 4.69) is 0 Å². The molecule has 23 heavy (non-hydrogen) atoms. The molecule has 0 radical (unpaired) electrons. The number of hydrogen-bond donors (Lipinski definition) is 2. The fraction of sp³-hybridized carbons (Fsp3) is 0.0769. The highest BCUT2D eigenvalue weighted by atomic mass is 35.5. The molecule has 0 aliphatic carbocycles. The lowest BCUT2D eigenvalue weighted by molar-refractivity contribution is -0.139. The lowest BCUT2D eigenvalue weighted by atomic mass is 10.0. The van der Waals surface area contributed by atoms with Crippen LogP contribution in [0.3, 0.4) is 0 Å². The lowest BCUT2D eigenvalue weighted by Gasteiger charge is -2.11.